The maximum Gasteiger partial charge on any atom is 0.289 e. The lowest BCUT2D eigenvalue weighted by molar-refractivity contribution is -0.127. The first-order valence-corrected chi connectivity index (χ1v) is 11.9. The van der Waals surface area contributed by atoms with Gasteiger partial charge in [-0.1, -0.05) is 48.0 Å². The standard InChI is InChI=1S/C28H26N4O4/c1-18-8-10-19(11-9-18)24-17-22(21-5-2-3-6-23(21)29-24)27(34)31-30-26(33)20-12-14-32(15-13-20)28(35)25-7-4-16-36-25/h2-11,16-17,20H,12-15H2,1H3,(H,30,33)(H,31,34). The van der Waals surface area contributed by atoms with Crippen molar-refractivity contribution in [2.75, 3.05) is 13.1 Å². The molecule has 0 aliphatic carbocycles. The number of likely N-dealkylation sites (tertiary alicyclic amines) is 1. The fourth-order valence-corrected chi connectivity index (χ4v) is 4.42. The van der Waals surface area contributed by atoms with Gasteiger partial charge in [-0.15, -0.1) is 0 Å². The zero-order valence-corrected chi connectivity index (χ0v) is 19.9. The van der Waals surface area contributed by atoms with Crippen molar-refractivity contribution in [2.24, 2.45) is 5.92 Å². The van der Waals surface area contributed by atoms with Gasteiger partial charge in [0.25, 0.3) is 11.8 Å². The Hall–Kier alpha value is -4.46. The van der Waals surface area contributed by atoms with Crippen molar-refractivity contribution in [1.82, 2.24) is 20.7 Å². The number of pyridine rings is 1. The van der Waals surface area contributed by atoms with E-state index >= 15 is 0 Å². The maximum absolute atomic E-state index is 13.1. The number of piperidine rings is 1. The topological polar surface area (TPSA) is 105 Å². The Bertz CT molecular complexity index is 1410. The van der Waals surface area contributed by atoms with E-state index in [0.29, 0.717) is 53.9 Å². The number of carbonyl (C=O) groups excluding carboxylic acids is 3. The normalized spacial score (nSPS) is 14.0. The molecular formula is C28H26N4O4. The van der Waals surface area contributed by atoms with Crippen molar-refractivity contribution in [1.29, 1.82) is 0 Å². The van der Waals surface area contributed by atoms with Crippen LogP contribution in [0.5, 0.6) is 0 Å². The number of aryl methyl sites for hydroxylation is 1. The van der Waals surface area contributed by atoms with Gasteiger partial charge in [0, 0.05) is 30.0 Å². The van der Waals surface area contributed by atoms with Crippen LogP contribution < -0.4 is 10.9 Å². The molecule has 182 valence electrons. The predicted octanol–water partition coefficient (Wildman–Crippen LogP) is 4.12. The molecule has 0 saturated carbocycles. The van der Waals surface area contributed by atoms with E-state index in [2.05, 4.69) is 10.9 Å². The molecule has 0 spiro atoms. The summed E-state index contributed by atoms with van der Waals surface area (Å²) in [5.41, 5.74) is 8.98. The zero-order chi connectivity index (χ0) is 25.1. The van der Waals surface area contributed by atoms with Crippen LogP contribution in [-0.2, 0) is 4.79 Å². The number of aromatic nitrogens is 1. The predicted molar refractivity (Wildman–Crippen MR) is 135 cm³/mol. The monoisotopic (exact) mass is 482 g/mol. The summed E-state index contributed by atoms with van der Waals surface area (Å²) in [6.45, 7) is 2.90. The van der Waals surface area contributed by atoms with Crippen LogP contribution in [0.3, 0.4) is 0 Å². The SMILES string of the molecule is Cc1ccc(-c2cc(C(=O)NNC(=O)C3CCN(C(=O)c4ccco4)CC3)c3ccccc3n2)cc1. The smallest absolute Gasteiger partial charge is 0.289 e. The molecule has 3 amide bonds. The third-order valence-corrected chi connectivity index (χ3v) is 6.49. The molecule has 4 aromatic rings. The number of benzene rings is 2. The van der Waals surface area contributed by atoms with Gasteiger partial charge in [0.05, 0.1) is 23.0 Å². The largest absolute Gasteiger partial charge is 0.459 e. The van der Waals surface area contributed by atoms with Gasteiger partial charge in [-0.3, -0.25) is 25.2 Å². The molecule has 1 fully saturated rings. The lowest BCUT2D eigenvalue weighted by atomic mass is 9.96. The Balaban J connectivity index is 1.25. The van der Waals surface area contributed by atoms with E-state index in [-0.39, 0.29) is 17.7 Å². The van der Waals surface area contributed by atoms with E-state index in [1.807, 2.05) is 55.5 Å². The molecule has 0 atom stereocenters. The minimum atomic E-state index is -0.416. The van der Waals surface area contributed by atoms with E-state index in [4.69, 9.17) is 9.40 Å². The molecular weight excluding hydrogens is 456 g/mol. The van der Waals surface area contributed by atoms with Gasteiger partial charge in [0.2, 0.25) is 5.91 Å². The molecule has 0 bridgehead atoms. The highest BCUT2D eigenvalue weighted by atomic mass is 16.3. The summed E-state index contributed by atoms with van der Waals surface area (Å²) in [6.07, 6.45) is 2.47. The number of furan rings is 1. The summed E-state index contributed by atoms with van der Waals surface area (Å²) in [7, 11) is 0. The number of hydrogen-bond donors (Lipinski definition) is 2. The molecule has 1 aliphatic rings. The zero-order valence-electron chi connectivity index (χ0n) is 19.9. The Morgan fingerprint density at radius 3 is 2.42 bits per heavy atom. The third-order valence-electron chi connectivity index (χ3n) is 6.49. The molecule has 8 nitrogen and oxygen atoms in total. The molecule has 2 aromatic heterocycles. The lowest BCUT2D eigenvalue weighted by Crippen LogP contribution is -2.48. The first-order valence-electron chi connectivity index (χ1n) is 11.9. The minimum Gasteiger partial charge on any atom is -0.459 e. The maximum atomic E-state index is 13.1. The first kappa shape index (κ1) is 23.3. The molecule has 8 heteroatoms. The van der Waals surface area contributed by atoms with E-state index in [0.717, 1.165) is 11.1 Å². The minimum absolute atomic E-state index is 0.180. The van der Waals surface area contributed by atoms with Crippen molar-refractivity contribution in [2.45, 2.75) is 19.8 Å². The highest BCUT2D eigenvalue weighted by molar-refractivity contribution is 6.07. The lowest BCUT2D eigenvalue weighted by Gasteiger charge is -2.30. The highest BCUT2D eigenvalue weighted by Crippen LogP contribution is 2.25. The van der Waals surface area contributed by atoms with Crippen LogP contribution in [0.15, 0.2) is 77.4 Å². The van der Waals surface area contributed by atoms with E-state index in [1.165, 1.54) is 6.26 Å². The van der Waals surface area contributed by atoms with Crippen LogP contribution in [0, 0.1) is 12.8 Å². The van der Waals surface area contributed by atoms with Gasteiger partial charge in [0.1, 0.15) is 0 Å². The molecule has 2 N–H and O–H groups in total. The molecule has 36 heavy (non-hydrogen) atoms. The Kier molecular flexibility index (Phi) is 6.49. The quantitative estimate of drug-likeness (QED) is 0.426. The van der Waals surface area contributed by atoms with Crippen LogP contribution >= 0.6 is 0 Å². The molecule has 1 aliphatic heterocycles. The van der Waals surface area contributed by atoms with Crippen LogP contribution in [0.2, 0.25) is 0 Å². The average Bonchev–Trinajstić information content (AvgIpc) is 3.46. The summed E-state index contributed by atoms with van der Waals surface area (Å²) in [5, 5.41) is 0.699. The Morgan fingerprint density at radius 2 is 1.69 bits per heavy atom. The summed E-state index contributed by atoms with van der Waals surface area (Å²) in [5.74, 6) is -0.879. The number of nitrogens with zero attached hydrogens (tertiary/aromatic N) is 2. The fraction of sp³-hybridized carbons (Fsp3) is 0.214. The summed E-state index contributed by atoms with van der Waals surface area (Å²) in [6, 6.07) is 20.4. The van der Waals surface area contributed by atoms with Crippen molar-refractivity contribution in [3.05, 3.63) is 89.9 Å². The number of hydrazine groups is 1. The number of para-hydroxylation sites is 1. The number of fused-ring (bicyclic) bond motifs is 1. The van der Waals surface area contributed by atoms with E-state index < -0.39 is 5.91 Å². The average molecular weight is 483 g/mol. The van der Waals surface area contributed by atoms with Crippen molar-refractivity contribution in [3.63, 3.8) is 0 Å². The van der Waals surface area contributed by atoms with Gasteiger partial charge in [-0.2, -0.15) is 0 Å². The van der Waals surface area contributed by atoms with Gasteiger partial charge < -0.3 is 9.32 Å². The van der Waals surface area contributed by atoms with Gasteiger partial charge in [-0.25, -0.2) is 4.98 Å². The Morgan fingerprint density at radius 1 is 0.944 bits per heavy atom. The Labute approximate surface area is 208 Å². The summed E-state index contributed by atoms with van der Waals surface area (Å²) in [4.78, 5) is 44.7. The van der Waals surface area contributed by atoms with Crippen molar-refractivity contribution >= 4 is 28.6 Å². The molecule has 1 saturated heterocycles. The molecule has 0 radical (unpaired) electrons. The van der Waals surface area contributed by atoms with Gasteiger partial charge in [0.15, 0.2) is 5.76 Å². The number of amides is 3. The first-order chi connectivity index (χ1) is 17.5. The number of nitrogens with one attached hydrogen (secondary N) is 2. The van der Waals surface area contributed by atoms with Crippen molar-refractivity contribution < 1.29 is 18.8 Å². The molecule has 0 unspecified atom stereocenters. The number of carbonyl (C=O) groups is 3. The van der Waals surface area contributed by atoms with E-state index in [1.54, 1.807) is 23.1 Å². The second-order valence-electron chi connectivity index (χ2n) is 8.93. The second-order valence-corrected chi connectivity index (χ2v) is 8.93. The highest BCUT2D eigenvalue weighted by Gasteiger charge is 2.29. The van der Waals surface area contributed by atoms with Crippen LogP contribution in [0.1, 0.15) is 39.3 Å². The summed E-state index contributed by atoms with van der Waals surface area (Å²) < 4.78 is 5.18. The molecule has 2 aromatic carbocycles. The number of hydrogen-bond acceptors (Lipinski definition) is 5. The summed E-state index contributed by atoms with van der Waals surface area (Å²) >= 11 is 0. The fourth-order valence-electron chi connectivity index (χ4n) is 4.42. The van der Waals surface area contributed by atoms with Crippen LogP contribution in [0.25, 0.3) is 22.2 Å². The van der Waals surface area contributed by atoms with Gasteiger partial charge in [-0.05, 0) is 44.0 Å². The van der Waals surface area contributed by atoms with E-state index in [9.17, 15) is 14.4 Å². The van der Waals surface area contributed by atoms with Crippen LogP contribution in [0.4, 0.5) is 0 Å². The van der Waals surface area contributed by atoms with Crippen LogP contribution in [-0.4, -0.2) is 40.7 Å². The van der Waals surface area contributed by atoms with Crippen molar-refractivity contribution in [3.8, 4) is 11.3 Å². The molecule has 5 rings (SSSR count). The molecule has 3 heterocycles. The van der Waals surface area contributed by atoms with Gasteiger partial charge >= 0.3 is 0 Å². The third kappa shape index (κ3) is 4.84. The second kappa shape index (κ2) is 10.0. The number of rotatable bonds is 4.